The Morgan fingerprint density at radius 2 is 2.21 bits per heavy atom. The number of nitrogens with two attached hydrogens (primary N) is 1. The van der Waals surface area contributed by atoms with Gasteiger partial charge in [0.05, 0.1) is 6.61 Å². The van der Waals surface area contributed by atoms with E-state index in [1.807, 2.05) is 12.1 Å². The van der Waals surface area contributed by atoms with Crippen LogP contribution in [0.1, 0.15) is 12.0 Å². The van der Waals surface area contributed by atoms with E-state index in [-0.39, 0.29) is 19.1 Å². The number of anilines is 1. The molecule has 1 aliphatic rings. The van der Waals surface area contributed by atoms with Gasteiger partial charge in [-0.1, -0.05) is 12.1 Å². The molecule has 0 aliphatic carbocycles. The van der Waals surface area contributed by atoms with Crippen LogP contribution in [0.2, 0.25) is 0 Å². The van der Waals surface area contributed by atoms with Gasteiger partial charge in [0.1, 0.15) is 5.60 Å². The van der Waals surface area contributed by atoms with Crippen LogP contribution < -0.4 is 11.1 Å². The third-order valence-corrected chi connectivity index (χ3v) is 3.04. The van der Waals surface area contributed by atoms with Crippen molar-refractivity contribution in [3.8, 4) is 0 Å². The second-order valence-electron chi connectivity index (χ2n) is 4.74. The molecule has 0 spiro atoms. The van der Waals surface area contributed by atoms with Crippen LogP contribution in [0.3, 0.4) is 0 Å². The first-order chi connectivity index (χ1) is 9.07. The zero-order valence-electron chi connectivity index (χ0n) is 10.6. The van der Waals surface area contributed by atoms with Crippen molar-refractivity contribution in [1.82, 2.24) is 5.32 Å². The Labute approximate surface area is 112 Å². The first-order valence-electron chi connectivity index (χ1n) is 6.19. The Hall–Kier alpha value is -1.85. The molecule has 1 fully saturated rings. The molecule has 1 heterocycles. The van der Waals surface area contributed by atoms with Gasteiger partial charge in [0.2, 0.25) is 5.91 Å². The molecule has 0 saturated carbocycles. The smallest absolute Gasteiger partial charge is 0.244 e. The van der Waals surface area contributed by atoms with Crippen LogP contribution in [0.25, 0.3) is 6.08 Å². The van der Waals surface area contributed by atoms with Crippen molar-refractivity contribution in [3.05, 3.63) is 35.9 Å². The molecule has 5 nitrogen and oxygen atoms in total. The molecular weight excluding hydrogens is 244 g/mol. The van der Waals surface area contributed by atoms with E-state index in [9.17, 15) is 9.90 Å². The molecule has 2 rings (SSSR count). The zero-order chi connectivity index (χ0) is 13.7. The van der Waals surface area contributed by atoms with E-state index < -0.39 is 5.60 Å². The molecule has 1 aromatic rings. The molecule has 0 bridgehead atoms. The number of carbonyl (C=O) groups excluding carboxylic acids is 1. The van der Waals surface area contributed by atoms with Crippen LogP contribution >= 0.6 is 0 Å². The predicted octanol–water partition coefficient (Wildman–Crippen LogP) is 0.550. The standard InChI is InChI=1S/C14H18N2O3/c15-12-4-1-11(2-5-12)3-6-13(17)16-9-14(18)7-8-19-10-14/h1-6,18H,7-10,15H2,(H,16,17)/b6-3+. The molecular formula is C14H18N2O3. The van der Waals surface area contributed by atoms with Crippen LogP contribution in [0.5, 0.6) is 0 Å². The number of nitrogens with one attached hydrogen (secondary N) is 1. The maximum Gasteiger partial charge on any atom is 0.244 e. The number of rotatable bonds is 4. The predicted molar refractivity (Wildman–Crippen MR) is 73.3 cm³/mol. The van der Waals surface area contributed by atoms with Gasteiger partial charge in [-0.05, 0) is 23.8 Å². The third kappa shape index (κ3) is 4.08. The molecule has 1 aromatic carbocycles. The van der Waals surface area contributed by atoms with Gasteiger partial charge in [-0.25, -0.2) is 0 Å². The third-order valence-electron chi connectivity index (χ3n) is 3.04. The highest BCUT2D eigenvalue weighted by atomic mass is 16.5. The normalized spacial score (nSPS) is 22.8. The van der Waals surface area contributed by atoms with Gasteiger partial charge in [-0.3, -0.25) is 4.79 Å². The van der Waals surface area contributed by atoms with Crippen LogP contribution in [-0.2, 0) is 9.53 Å². The van der Waals surface area contributed by atoms with Crippen molar-refractivity contribution in [3.63, 3.8) is 0 Å². The van der Waals surface area contributed by atoms with E-state index in [1.165, 1.54) is 6.08 Å². The first-order valence-corrected chi connectivity index (χ1v) is 6.19. The molecule has 0 aromatic heterocycles. The number of hydrogen-bond donors (Lipinski definition) is 3. The summed E-state index contributed by atoms with van der Waals surface area (Å²) in [6, 6.07) is 7.21. The summed E-state index contributed by atoms with van der Waals surface area (Å²) in [5, 5.41) is 12.6. The number of hydrogen-bond acceptors (Lipinski definition) is 4. The van der Waals surface area contributed by atoms with Crippen molar-refractivity contribution < 1.29 is 14.6 Å². The molecule has 1 unspecified atom stereocenters. The second-order valence-corrected chi connectivity index (χ2v) is 4.74. The molecule has 0 radical (unpaired) electrons. The minimum Gasteiger partial charge on any atom is -0.399 e. The van der Waals surface area contributed by atoms with Crippen LogP contribution in [0, 0.1) is 0 Å². The van der Waals surface area contributed by atoms with Gasteiger partial charge in [0, 0.05) is 31.3 Å². The summed E-state index contributed by atoms with van der Waals surface area (Å²) in [5.41, 5.74) is 6.23. The monoisotopic (exact) mass is 262 g/mol. The van der Waals surface area contributed by atoms with E-state index in [0.29, 0.717) is 18.7 Å². The summed E-state index contributed by atoms with van der Waals surface area (Å²) in [7, 11) is 0. The lowest BCUT2D eigenvalue weighted by molar-refractivity contribution is -0.117. The fourth-order valence-electron chi connectivity index (χ4n) is 1.83. The average molecular weight is 262 g/mol. The Balaban J connectivity index is 1.82. The van der Waals surface area contributed by atoms with E-state index >= 15 is 0 Å². The molecule has 19 heavy (non-hydrogen) atoms. The zero-order valence-corrected chi connectivity index (χ0v) is 10.6. The summed E-state index contributed by atoms with van der Waals surface area (Å²) in [5.74, 6) is -0.239. The molecule has 102 valence electrons. The minimum absolute atomic E-state index is 0.206. The number of ether oxygens (including phenoxy) is 1. The van der Waals surface area contributed by atoms with Crippen molar-refractivity contribution in [2.24, 2.45) is 0 Å². The van der Waals surface area contributed by atoms with Crippen molar-refractivity contribution >= 4 is 17.7 Å². The summed E-state index contributed by atoms with van der Waals surface area (Å²) in [6.45, 7) is 1.01. The minimum atomic E-state index is -0.926. The Morgan fingerprint density at radius 1 is 1.47 bits per heavy atom. The number of carbonyl (C=O) groups is 1. The van der Waals surface area contributed by atoms with Gasteiger partial charge in [0.25, 0.3) is 0 Å². The van der Waals surface area contributed by atoms with Gasteiger partial charge in [-0.15, -0.1) is 0 Å². The maximum atomic E-state index is 11.6. The highest BCUT2D eigenvalue weighted by Crippen LogP contribution is 2.16. The summed E-state index contributed by atoms with van der Waals surface area (Å²) in [6.07, 6.45) is 3.68. The van der Waals surface area contributed by atoms with E-state index in [1.54, 1.807) is 18.2 Å². The average Bonchev–Trinajstić information content (AvgIpc) is 2.83. The van der Waals surface area contributed by atoms with Crippen LogP contribution in [-0.4, -0.2) is 36.4 Å². The van der Waals surface area contributed by atoms with Crippen molar-refractivity contribution in [1.29, 1.82) is 0 Å². The summed E-state index contributed by atoms with van der Waals surface area (Å²) in [4.78, 5) is 11.6. The Morgan fingerprint density at radius 3 is 2.84 bits per heavy atom. The topological polar surface area (TPSA) is 84.6 Å². The van der Waals surface area contributed by atoms with E-state index in [4.69, 9.17) is 10.5 Å². The van der Waals surface area contributed by atoms with Crippen LogP contribution in [0.4, 0.5) is 5.69 Å². The lowest BCUT2D eigenvalue weighted by Crippen LogP contribution is -2.42. The lowest BCUT2D eigenvalue weighted by Gasteiger charge is -2.19. The summed E-state index contributed by atoms with van der Waals surface area (Å²) >= 11 is 0. The molecule has 1 saturated heterocycles. The van der Waals surface area contributed by atoms with Crippen molar-refractivity contribution in [2.45, 2.75) is 12.0 Å². The quantitative estimate of drug-likeness (QED) is 0.546. The number of amides is 1. The highest BCUT2D eigenvalue weighted by molar-refractivity contribution is 5.91. The molecule has 5 heteroatoms. The lowest BCUT2D eigenvalue weighted by atomic mass is 10.0. The first kappa shape index (κ1) is 13.6. The fourth-order valence-corrected chi connectivity index (χ4v) is 1.83. The molecule has 4 N–H and O–H groups in total. The largest absolute Gasteiger partial charge is 0.399 e. The van der Waals surface area contributed by atoms with Gasteiger partial charge < -0.3 is 20.9 Å². The van der Waals surface area contributed by atoms with E-state index in [0.717, 1.165) is 5.56 Å². The second kappa shape index (κ2) is 5.86. The molecule has 1 atom stereocenters. The maximum absolute atomic E-state index is 11.6. The van der Waals surface area contributed by atoms with Crippen LogP contribution in [0.15, 0.2) is 30.3 Å². The van der Waals surface area contributed by atoms with Gasteiger partial charge in [-0.2, -0.15) is 0 Å². The number of nitrogen functional groups attached to an aromatic ring is 1. The van der Waals surface area contributed by atoms with Gasteiger partial charge >= 0.3 is 0 Å². The highest BCUT2D eigenvalue weighted by Gasteiger charge is 2.32. The van der Waals surface area contributed by atoms with E-state index in [2.05, 4.69) is 5.32 Å². The summed E-state index contributed by atoms with van der Waals surface area (Å²) < 4.78 is 5.10. The van der Waals surface area contributed by atoms with Crippen molar-refractivity contribution in [2.75, 3.05) is 25.5 Å². The van der Waals surface area contributed by atoms with Gasteiger partial charge in [0.15, 0.2) is 0 Å². The fraction of sp³-hybridized carbons (Fsp3) is 0.357. The Bertz CT molecular complexity index is 462. The molecule has 1 amide bonds. The number of aliphatic hydroxyl groups is 1. The number of benzene rings is 1. The SMILES string of the molecule is Nc1ccc(/C=C/C(=O)NCC2(O)CCOC2)cc1. The molecule has 1 aliphatic heterocycles. The Kier molecular flexibility index (Phi) is 4.19.